The molecule has 3 aromatic rings. The summed E-state index contributed by atoms with van der Waals surface area (Å²) in [6.07, 6.45) is 4.91. The van der Waals surface area contributed by atoms with E-state index in [-0.39, 0.29) is 17.5 Å². The Morgan fingerprint density at radius 3 is 2.92 bits per heavy atom. The lowest BCUT2D eigenvalue weighted by atomic mass is 10.2. The molecule has 0 radical (unpaired) electrons. The smallest absolute Gasteiger partial charge is 0.264 e. The van der Waals surface area contributed by atoms with Gasteiger partial charge in [0.05, 0.1) is 10.9 Å². The minimum absolute atomic E-state index is 0.0473. The van der Waals surface area contributed by atoms with Gasteiger partial charge in [0.15, 0.2) is 0 Å². The number of carbonyl (C=O) groups excluding carboxylic acids is 1. The van der Waals surface area contributed by atoms with Crippen molar-refractivity contribution in [1.29, 1.82) is 0 Å². The third-order valence-corrected chi connectivity index (χ3v) is 5.79. The molecule has 1 aliphatic heterocycles. The van der Waals surface area contributed by atoms with Gasteiger partial charge in [-0.05, 0) is 24.3 Å². The van der Waals surface area contributed by atoms with E-state index in [9.17, 15) is 9.59 Å². The first-order valence-corrected chi connectivity index (χ1v) is 9.33. The molecule has 3 aromatic heterocycles. The van der Waals surface area contributed by atoms with E-state index < -0.39 is 5.56 Å². The molecular formula is C16H14N4O2S2. The molecule has 0 saturated carbocycles. The fourth-order valence-electron chi connectivity index (χ4n) is 2.91. The summed E-state index contributed by atoms with van der Waals surface area (Å²) in [5.74, 6) is 0.212. The molecule has 1 fully saturated rings. The number of likely N-dealkylation sites (tertiary alicyclic amines) is 1. The zero-order valence-electron chi connectivity index (χ0n) is 12.6. The highest BCUT2D eigenvalue weighted by molar-refractivity contribution is 7.13. The van der Waals surface area contributed by atoms with Gasteiger partial charge in [0.2, 0.25) is 0 Å². The van der Waals surface area contributed by atoms with Crippen molar-refractivity contribution in [3.8, 4) is 10.7 Å². The maximum absolute atomic E-state index is 12.8. The van der Waals surface area contributed by atoms with E-state index in [1.165, 1.54) is 28.9 Å². The van der Waals surface area contributed by atoms with Gasteiger partial charge in [-0.3, -0.25) is 9.59 Å². The lowest BCUT2D eigenvalue weighted by molar-refractivity contribution is 0.0733. The molecule has 122 valence electrons. The van der Waals surface area contributed by atoms with Crippen LogP contribution in [0.3, 0.4) is 0 Å². The summed E-state index contributed by atoms with van der Waals surface area (Å²) >= 11 is 3.02. The molecule has 4 heterocycles. The number of amides is 1. The van der Waals surface area contributed by atoms with Gasteiger partial charge in [-0.25, -0.2) is 9.97 Å². The number of carbonyl (C=O) groups is 1. The number of rotatable bonds is 3. The summed E-state index contributed by atoms with van der Waals surface area (Å²) < 4.78 is 0. The van der Waals surface area contributed by atoms with Gasteiger partial charge in [0, 0.05) is 24.3 Å². The highest BCUT2D eigenvalue weighted by atomic mass is 32.1. The average molecular weight is 358 g/mol. The van der Waals surface area contributed by atoms with Crippen LogP contribution in [0.4, 0.5) is 0 Å². The largest absolute Gasteiger partial charge is 0.329 e. The van der Waals surface area contributed by atoms with Crippen LogP contribution in [0.25, 0.3) is 10.7 Å². The van der Waals surface area contributed by atoms with Gasteiger partial charge in [0.25, 0.3) is 11.5 Å². The molecule has 0 aromatic carbocycles. The molecule has 24 heavy (non-hydrogen) atoms. The molecule has 4 rings (SSSR count). The molecule has 8 heteroatoms. The second kappa shape index (κ2) is 6.29. The minimum atomic E-state index is -0.400. The van der Waals surface area contributed by atoms with Crippen molar-refractivity contribution in [1.82, 2.24) is 19.9 Å². The molecule has 0 bridgehead atoms. The maximum Gasteiger partial charge on any atom is 0.264 e. The van der Waals surface area contributed by atoms with Gasteiger partial charge in [0.1, 0.15) is 16.4 Å². The summed E-state index contributed by atoms with van der Waals surface area (Å²) in [6, 6.07) is 3.72. The maximum atomic E-state index is 12.8. The first-order valence-electron chi connectivity index (χ1n) is 7.57. The van der Waals surface area contributed by atoms with Crippen molar-refractivity contribution < 1.29 is 4.79 Å². The molecular weight excluding hydrogens is 344 g/mol. The highest BCUT2D eigenvalue weighted by Crippen LogP contribution is 2.33. The summed E-state index contributed by atoms with van der Waals surface area (Å²) in [5.41, 5.74) is -0.318. The number of H-pyrrole nitrogens is 1. The number of hydrogen-bond acceptors (Lipinski definition) is 6. The zero-order chi connectivity index (χ0) is 16.5. The molecule has 1 saturated heterocycles. The van der Waals surface area contributed by atoms with Gasteiger partial charge < -0.3 is 9.88 Å². The van der Waals surface area contributed by atoms with Crippen LogP contribution in [-0.4, -0.2) is 32.3 Å². The Hall–Kier alpha value is -2.32. The van der Waals surface area contributed by atoms with Crippen LogP contribution < -0.4 is 5.56 Å². The number of aromatic amines is 1. The highest BCUT2D eigenvalue weighted by Gasteiger charge is 2.33. The fraction of sp³-hybridized carbons (Fsp3) is 0.250. The Morgan fingerprint density at radius 1 is 1.29 bits per heavy atom. The van der Waals surface area contributed by atoms with E-state index >= 15 is 0 Å². The molecule has 0 unspecified atom stereocenters. The molecule has 1 N–H and O–H groups in total. The van der Waals surface area contributed by atoms with Gasteiger partial charge in [-0.1, -0.05) is 6.07 Å². The fourth-order valence-corrected chi connectivity index (χ4v) is 4.37. The van der Waals surface area contributed by atoms with Crippen LogP contribution in [-0.2, 0) is 0 Å². The topological polar surface area (TPSA) is 79.0 Å². The summed E-state index contributed by atoms with van der Waals surface area (Å²) in [4.78, 5) is 39.1. The quantitative estimate of drug-likeness (QED) is 0.781. The van der Waals surface area contributed by atoms with Crippen LogP contribution in [0, 0.1) is 0 Å². The summed E-state index contributed by atoms with van der Waals surface area (Å²) in [5, 5.41) is 4.73. The monoisotopic (exact) mass is 358 g/mol. The standard InChI is InChI=1S/C16H14N4O2S2/c21-14-10(9-18-13(19-14)12-4-2-7-23-12)16(22)20-6-1-3-11(20)15-17-5-8-24-15/h2,4-5,7-9,11H,1,3,6H2,(H,18,19,21)/t11-/m1/s1. The van der Waals surface area contributed by atoms with E-state index in [0.717, 1.165) is 22.7 Å². The van der Waals surface area contributed by atoms with Crippen molar-refractivity contribution in [2.24, 2.45) is 0 Å². The number of thiophene rings is 1. The van der Waals surface area contributed by atoms with Crippen molar-refractivity contribution in [3.63, 3.8) is 0 Å². The van der Waals surface area contributed by atoms with Crippen LogP contribution in [0.1, 0.15) is 34.2 Å². The number of nitrogens with one attached hydrogen (secondary N) is 1. The van der Waals surface area contributed by atoms with Gasteiger partial charge >= 0.3 is 0 Å². The third kappa shape index (κ3) is 2.67. The van der Waals surface area contributed by atoms with Crippen molar-refractivity contribution >= 4 is 28.6 Å². The third-order valence-electron chi connectivity index (χ3n) is 4.03. The first-order chi connectivity index (χ1) is 11.7. The number of aromatic nitrogens is 3. The summed E-state index contributed by atoms with van der Waals surface area (Å²) in [7, 11) is 0. The molecule has 0 aliphatic carbocycles. The lowest BCUT2D eigenvalue weighted by Crippen LogP contribution is -2.34. The Balaban J connectivity index is 1.64. The van der Waals surface area contributed by atoms with Crippen LogP contribution in [0.2, 0.25) is 0 Å². The average Bonchev–Trinajstić information content (AvgIpc) is 3.35. The van der Waals surface area contributed by atoms with Gasteiger partial charge in [-0.15, -0.1) is 22.7 Å². The van der Waals surface area contributed by atoms with E-state index in [0.29, 0.717) is 12.4 Å². The Morgan fingerprint density at radius 2 is 2.21 bits per heavy atom. The summed E-state index contributed by atoms with van der Waals surface area (Å²) in [6.45, 7) is 0.634. The van der Waals surface area contributed by atoms with E-state index in [4.69, 9.17) is 0 Å². The Kier molecular flexibility index (Phi) is 3.99. The SMILES string of the molecule is O=C(c1cnc(-c2cccs2)[nH]c1=O)N1CCC[C@@H]1c1nccs1. The molecule has 1 aliphatic rings. The predicted octanol–water partition coefficient (Wildman–Crippen LogP) is 2.93. The normalized spacial score (nSPS) is 17.3. The van der Waals surface area contributed by atoms with Crippen molar-refractivity contribution in [2.45, 2.75) is 18.9 Å². The predicted molar refractivity (Wildman–Crippen MR) is 93.3 cm³/mol. The number of nitrogens with zero attached hydrogens (tertiary/aromatic N) is 3. The van der Waals surface area contributed by atoms with Crippen LogP contribution >= 0.6 is 22.7 Å². The van der Waals surface area contributed by atoms with E-state index in [1.54, 1.807) is 11.1 Å². The van der Waals surface area contributed by atoms with Crippen molar-refractivity contribution in [3.05, 3.63) is 56.2 Å². The number of hydrogen-bond donors (Lipinski definition) is 1. The molecule has 1 atom stereocenters. The molecule has 6 nitrogen and oxygen atoms in total. The van der Waals surface area contributed by atoms with E-state index in [2.05, 4.69) is 15.0 Å². The second-order valence-electron chi connectivity index (χ2n) is 5.48. The lowest BCUT2D eigenvalue weighted by Gasteiger charge is -2.22. The minimum Gasteiger partial charge on any atom is -0.329 e. The second-order valence-corrected chi connectivity index (χ2v) is 7.35. The van der Waals surface area contributed by atoms with Crippen molar-refractivity contribution in [2.75, 3.05) is 6.54 Å². The molecule has 0 spiro atoms. The van der Waals surface area contributed by atoms with Crippen LogP contribution in [0.5, 0.6) is 0 Å². The molecule has 1 amide bonds. The Labute approximate surface area is 145 Å². The van der Waals surface area contributed by atoms with Gasteiger partial charge in [-0.2, -0.15) is 0 Å². The van der Waals surface area contributed by atoms with Crippen LogP contribution in [0.15, 0.2) is 40.1 Å². The first kappa shape index (κ1) is 15.2. The number of thiazole rings is 1. The van der Waals surface area contributed by atoms with E-state index in [1.807, 2.05) is 22.9 Å². The Bertz CT molecular complexity index is 903. The zero-order valence-corrected chi connectivity index (χ0v) is 14.3.